The summed E-state index contributed by atoms with van der Waals surface area (Å²) in [6.07, 6.45) is 1.81. The summed E-state index contributed by atoms with van der Waals surface area (Å²) in [6.45, 7) is 0.693. The lowest BCUT2D eigenvalue weighted by atomic mass is 9.87. The fourth-order valence-corrected chi connectivity index (χ4v) is 2.94. The van der Waals surface area contributed by atoms with E-state index in [9.17, 15) is 0 Å². The molecule has 0 aliphatic carbocycles. The second-order valence-electron chi connectivity index (χ2n) is 5.38. The smallest absolute Gasteiger partial charge is 0.122 e. The highest BCUT2D eigenvalue weighted by Crippen LogP contribution is 2.28. The van der Waals surface area contributed by atoms with Crippen LogP contribution in [0.5, 0.6) is 5.75 Å². The van der Waals surface area contributed by atoms with Gasteiger partial charge in [0.05, 0.1) is 6.61 Å². The molecule has 2 N–H and O–H groups in total. The first-order valence-corrected chi connectivity index (χ1v) is 7.31. The Morgan fingerprint density at radius 1 is 1.20 bits per heavy atom. The molecule has 0 amide bonds. The quantitative estimate of drug-likeness (QED) is 0.938. The van der Waals surface area contributed by atoms with Gasteiger partial charge in [-0.2, -0.15) is 0 Å². The van der Waals surface area contributed by atoms with E-state index in [0.29, 0.717) is 12.5 Å². The zero-order valence-electron chi connectivity index (χ0n) is 11.3. The van der Waals surface area contributed by atoms with E-state index in [-0.39, 0.29) is 6.04 Å². The predicted octanol–water partition coefficient (Wildman–Crippen LogP) is 3.46. The zero-order chi connectivity index (χ0) is 13.9. The monoisotopic (exact) mass is 287 g/mol. The zero-order valence-corrected chi connectivity index (χ0v) is 12.0. The van der Waals surface area contributed by atoms with Gasteiger partial charge in [-0.3, -0.25) is 0 Å². The Morgan fingerprint density at radius 3 is 2.90 bits per heavy atom. The van der Waals surface area contributed by atoms with E-state index in [1.807, 2.05) is 36.4 Å². The minimum atomic E-state index is 0.0850. The van der Waals surface area contributed by atoms with E-state index in [2.05, 4.69) is 12.1 Å². The van der Waals surface area contributed by atoms with Gasteiger partial charge in [0, 0.05) is 17.0 Å². The van der Waals surface area contributed by atoms with Crippen LogP contribution in [0.25, 0.3) is 0 Å². The minimum Gasteiger partial charge on any atom is -0.493 e. The summed E-state index contributed by atoms with van der Waals surface area (Å²) >= 11 is 6.02. The van der Waals surface area contributed by atoms with Gasteiger partial charge in [-0.1, -0.05) is 41.9 Å². The van der Waals surface area contributed by atoms with Gasteiger partial charge in [0.25, 0.3) is 0 Å². The van der Waals surface area contributed by atoms with Crippen molar-refractivity contribution in [2.24, 2.45) is 11.7 Å². The predicted molar refractivity (Wildman–Crippen MR) is 82.3 cm³/mol. The van der Waals surface area contributed by atoms with Crippen LogP contribution in [0.1, 0.15) is 11.1 Å². The number of fused-ring (bicyclic) bond motifs is 1. The molecule has 2 aromatic carbocycles. The van der Waals surface area contributed by atoms with Gasteiger partial charge >= 0.3 is 0 Å². The normalized spacial score (nSPS) is 19.0. The second-order valence-corrected chi connectivity index (χ2v) is 5.82. The summed E-state index contributed by atoms with van der Waals surface area (Å²) in [7, 11) is 0. The molecule has 0 aromatic heterocycles. The van der Waals surface area contributed by atoms with Crippen LogP contribution in [0.15, 0.2) is 48.5 Å². The third kappa shape index (κ3) is 2.97. The SMILES string of the molecule is NC(Cc1cccc(Cl)c1)C1COc2ccccc2C1. The minimum absolute atomic E-state index is 0.0850. The van der Waals surface area contributed by atoms with E-state index in [0.717, 1.165) is 23.6 Å². The van der Waals surface area contributed by atoms with E-state index in [1.165, 1.54) is 11.1 Å². The van der Waals surface area contributed by atoms with Gasteiger partial charge < -0.3 is 10.5 Å². The highest BCUT2D eigenvalue weighted by molar-refractivity contribution is 6.30. The fourth-order valence-electron chi connectivity index (χ4n) is 2.73. The number of rotatable bonds is 3. The molecular formula is C17H18ClNO. The third-order valence-corrected chi connectivity index (χ3v) is 4.11. The molecule has 3 rings (SSSR count). The maximum Gasteiger partial charge on any atom is 0.122 e. The van der Waals surface area contributed by atoms with Crippen LogP contribution < -0.4 is 10.5 Å². The van der Waals surface area contributed by atoms with Crippen molar-refractivity contribution >= 4 is 11.6 Å². The van der Waals surface area contributed by atoms with Gasteiger partial charge in [-0.15, -0.1) is 0 Å². The molecular weight excluding hydrogens is 270 g/mol. The first-order valence-electron chi connectivity index (χ1n) is 6.93. The van der Waals surface area contributed by atoms with E-state index >= 15 is 0 Å². The number of ether oxygens (including phenoxy) is 1. The second kappa shape index (κ2) is 5.86. The summed E-state index contributed by atoms with van der Waals surface area (Å²) in [5, 5.41) is 0.764. The number of para-hydroxylation sites is 1. The summed E-state index contributed by atoms with van der Waals surface area (Å²) in [4.78, 5) is 0. The van der Waals surface area contributed by atoms with Gasteiger partial charge in [0.2, 0.25) is 0 Å². The van der Waals surface area contributed by atoms with Crippen LogP contribution in [-0.4, -0.2) is 12.6 Å². The fraction of sp³-hybridized carbons (Fsp3) is 0.294. The molecule has 0 radical (unpaired) electrons. The Morgan fingerprint density at radius 2 is 2.05 bits per heavy atom. The van der Waals surface area contributed by atoms with Gasteiger partial charge in [0.15, 0.2) is 0 Å². The molecule has 2 aromatic rings. The van der Waals surface area contributed by atoms with Crippen molar-refractivity contribution in [1.82, 2.24) is 0 Å². The molecule has 2 atom stereocenters. The van der Waals surface area contributed by atoms with Crippen molar-refractivity contribution in [3.05, 3.63) is 64.7 Å². The Balaban J connectivity index is 1.68. The van der Waals surface area contributed by atoms with Gasteiger partial charge in [0.1, 0.15) is 5.75 Å². The Hall–Kier alpha value is -1.51. The maximum atomic E-state index is 6.36. The van der Waals surface area contributed by atoms with E-state index < -0.39 is 0 Å². The summed E-state index contributed by atoms with van der Waals surface area (Å²) in [6, 6.07) is 16.2. The number of hydrogen-bond donors (Lipinski definition) is 1. The molecule has 0 saturated carbocycles. The molecule has 2 unspecified atom stereocenters. The van der Waals surface area contributed by atoms with Gasteiger partial charge in [-0.05, 0) is 42.2 Å². The molecule has 0 bridgehead atoms. The lowest BCUT2D eigenvalue weighted by Gasteiger charge is -2.29. The van der Waals surface area contributed by atoms with Crippen LogP contribution in [0, 0.1) is 5.92 Å². The van der Waals surface area contributed by atoms with Crippen LogP contribution in [0.4, 0.5) is 0 Å². The van der Waals surface area contributed by atoms with Crippen LogP contribution >= 0.6 is 11.6 Å². The number of halogens is 1. The van der Waals surface area contributed by atoms with Crippen molar-refractivity contribution in [2.75, 3.05) is 6.61 Å². The summed E-state index contributed by atoms with van der Waals surface area (Å²) in [5.41, 5.74) is 8.80. The highest BCUT2D eigenvalue weighted by atomic mass is 35.5. The summed E-state index contributed by atoms with van der Waals surface area (Å²) < 4.78 is 5.81. The lowest BCUT2D eigenvalue weighted by molar-refractivity contribution is 0.199. The first-order chi connectivity index (χ1) is 9.72. The topological polar surface area (TPSA) is 35.2 Å². The Kier molecular flexibility index (Phi) is 3.95. The van der Waals surface area contributed by atoms with Crippen molar-refractivity contribution in [1.29, 1.82) is 0 Å². The maximum absolute atomic E-state index is 6.36. The van der Waals surface area contributed by atoms with Crippen molar-refractivity contribution in [2.45, 2.75) is 18.9 Å². The number of hydrogen-bond acceptors (Lipinski definition) is 2. The molecule has 1 aliphatic heterocycles. The van der Waals surface area contributed by atoms with Crippen molar-refractivity contribution < 1.29 is 4.74 Å². The standard InChI is InChI=1S/C17H18ClNO/c18-15-6-3-4-12(8-15)9-16(19)14-10-13-5-1-2-7-17(13)20-11-14/h1-8,14,16H,9-11,19H2. The molecule has 1 aliphatic rings. The van der Waals surface area contributed by atoms with Gasteiger partial charge in [-0.25, -0.2) is 0 Å². The largest absolute Gasteiger partial charge is 0.493 e. The van der Waals surface area contributed by atoms with Crippen molar-refractivity contribution in [3.63, 3.8) is 0 Å². The Bertz CT molecular complexity index is 599. The molecule has 2 nitrogen and oxygen atoms in total. The average molecular weight is 288 g/mol. The lowest BCUT2D eigenvalue weighted by Crippen LogP contribution is -2.39. The average Bonchev–Trinajstić information content (AvgIpc) is 2.47. The highest BCUT2D eigenvalue weighted by Gasteiger charge is 2.25. The van der Waals surface area contributed by atoms with Crippen LogP contribution in [0.3, 0.4) is 0 Å². The molecule has 1 heterocycles. The van der Waals surface area contributed by atoms with E-state index in [4.69, 9.17) is 22.1 Å². The number of benzene rings is 2. The molecule has 0 fully saturated rings. The first kappa shape index (κ1) is 13.5. The van der Waals surface area contributed by atoms with Crippen LogP contribution in [0.2, 0.25) is 5.02 Å². The molecule has 0 spiro atoms. The molecule has 3 heteroatoms. The number of nitrogens with two attached hydrogens (primary N) is 1. The molecule has 20 heavy (non-hydrogen) atoms. The van der Waals surface area contributed by atoms with E-state index in [1.54, 1.807) is 0 Å². The Labute approximate surface area is 124 Å². The van der Waals surface area contributed by atoms with Crippen LogP contribution in [-0.2, 0) is 12.8 Å². The molecule has 104 valence electrons. The molecule has 0 saturated heterocycles. The van der Waals surface area contributed by atoms with Crippen molar-refractivity contribution in [3.8, 4) is 5.75 Å². The third-order valence-electron chi connectivity index (χ3n) is 3.87. The summed E-state index contributed by atoms with van der Waals surface area (Å²) in [5.74, 6) is 1.35.